The highest BCUT2D eigenvalue weighted by Gasteiger charge is 2.45. The van der Waals surface area contributed by atoms with Gasteiger partial charge in [-0.15, -0.1) is 0 Å². The summed E-state index contributed by atoms with van der Waals surface area (Å²) < 4.78 is 5.74. The second-order valence-corrected chi connectivity index (χ2v) is 5.98. The maximum Gasteiger partial charge on any atom is 0.332 e. The first-order valence-electron chi connectivity index (χ1n) is 6.91. The summed E-state index contributed by atoms with van der Waals surface area (Å²) in [6.07, 6.45) is 1.75. The molecule has 0 radical (unpaired) electrons. The third-order valence-corrected chi connectivity index (χ3v) is 4.11. The lowest BCUT2D eigenvalue weighted by atomic mass is 9.78. The third kappa shape index (κ3) is 1.88. The number of aryl methyl sites for hydroxylation is 1. The fraction of sp³-hybridized carbons (Fsp3) is 0.500. The van der Waals surface area contributed by atoms with Crippen LogP contribution in [-0.4, -0.2) is 23.3 Å². The van der Waals surface area contributed by atoms with Crippen molar-refractivity contribution in [3.8, 4) is 0 Å². The van der Waals surface area contributed by atoms with Crippen molar-refractivity contribution in [3.05, 3.63) is 35.4 Å². The molecule has 0 unspecified atom stereocenters. The maximum absolute atomic E-state index is 12.1. The van der Waals surface area contributed by atoms with Crippen molar-refractivity contribution in [2.24, 2.45) is 10.9 Å². The van der Waals surface area contributed by atoms with Crippen LogP contribution < -0.4 is 0 Å². The van der Waals surface area contributed by atoms with Crippen molar-refractivity contribution in [1.82, 2.24) is 0 Å². The topological polar surface area (TPSA) is 38.7 Å². The molecule has 0 N–H and O–H groups in total. The summed E-state index contributed by atoms with van der Waals surface area (Å²) in [5.41, 5.74) is 2.86. The van der Waals surface area contributed by atoms with E-state index in [1.165, 1.54) is 5.56 Å². The second-order valence-electron chi connectivity index (χ2n) is 5.98. The van der Waals surface area contributed by atoms with Gasteiger partial charge in [-0.2, -0.15) is 0 Å². The molecule has 0 saturated carbocycles. The predicted octanol–water partition coefficient (Wildman–Crippen LogP) is 2.76. The van der Waals surface area contributed by atoms with Crippen LogP contribution >= 0.6 is 0 Å². The molecule has 0 fully saturated rings. The van der Waals surface area contributed by atoms with Gasteiger partial charge in [0.15, 0.2) is 5.60 Å². The molecule has 0 amide bonds. The third-order valence-electron chi connectivity index (χ3n) is 4.11. The van der Waals surface area contributed by atoms with Crippen molar-refractivity contribution < 1.29 is 9.53 Å². The average molecular weight is 257 g/mol. The van der Waals surface area contributed by atoms with Crippen LogP contribution in [0, 0.1) is 5.92 Å². The minimum absolute atomic E-state index is 0.165. The van der Waals surface area contributed by atoms with Gasteiger partial charge in [-0.3, -0.25) is 4.99 Å². The highest BCUT2D eigenvalue weighted by molar-refractivity contribution is 6.11. The molecule has 3 nitrogen and oxygen atoms in total. The monoisotopic (exact) mass is 257 g/mol. The number of rotatable bonds is 1. The lowest BCUT2D eigenvalue weighted by Gasteiger charge is -2.40. The first-order chi connectivity index (χ1) is 9.01. The lowest BCUT2D eigenvalue weighted by molar-refractivity contribution is -0.157. The maximum atomic E-state index is 12.1. The molecular formula is C16H19NO2. The van der Waals surface area contributed by atoms with Crippen molar-refractivity contribution in [3.63, 3.8) is 0 Å². The van der Waals surface area contributed by atoms with Crippen molar-refractivity contribution in [1.29, 1.82) is 0 Å². The van der Waals surface area contributed by atoms with Gasteiger partial charge in [0.2, 0.25) is 0 Å². The Balaban J connectivity index is 2.15. The molecule has 100 valence electrons. The Hall–Kier alpha value is -1.64. The minimum atomic E-state index is -0.545. The summed E-state index contributed by atoms with van der Waals surface area (Å²) in [6.45, 7) is 6.00. The van der Waals surface area contributed by atoms with E-state index < -0.39 is 5.60 Å². The van der Waals surface area contributed by atoms with E-state index in [0.717, 1.165) is 24.1 Å². The zero-order chi connectivity index (χ0) is 13.6. The minimum Gasteiger partial charge on any atom is -0.451 e. The normalized spacial score (nSPS) is 29.4. The molecule has 19 heavy (non-hydrogen) atoms. The predicted molar refractivity (Wildman–Crippen MR) is 74.4 cm³/mol. The number of carbonyl (C=O) groups excluding carboxylic acids is 1. The quantitative estimate of drug-likeness (QED) is 0.726. The number of hydrogen-bond donors (Lipinski definition) is 0. The van der Waals surface area contributed by atoms with E-state index in [2.05, 4.69) is 18.2 Å². The van der Waals surface area contributed by atoms with Gasteiger partial charge in [0.25, 0.3) is 0 Å². The Morgan fingerprint density at radius 1 is 1.37 bits per heavy atom. The summed E-state index contributed by atoms with van der Waals surface area (Å²) in [6, 6.07) is 7.93. The largest absolute Gasteiger partial charge is 0.451 e. The van der Waals surface area contributed by atoms with E-state index in [4.69, 9.17) is 9.73 Å². The standard InChI is InChI=1S/C16H19NO2/c1-10(2)13-15(18)19-16(3)9-8-11-6-4-5-7-12(11)14(16)17-13/h4-7,10,13H,8-9H2,1-3H3/t13-,16+/m0/s1. The van der Waals surface area contributed by atoms with Crippen LogP contribution in [-0.2, 0) is 16.0 Å². The summed E-state index contributed by atoms with van der Waals surface area (Å²) in [4.78, 5) is 16.8. The van der Waals surface area contributed by atoms with Crippen molar-refractivity contribution in [2.75, 3.05) is 0 Å². The van der Waals surface area contributed by atoms with Crippen LogP contribution in [0.4, 0.5) is 0 Å². The Morgan fingerprint density at radius 2 is 2.11 bits per heavy atom. The van der Waals surface area contributed by atoms with Gasteiger partial charge in [-0.1, -0.05) is 38.1 Å². The lowest BCUT2D eigenvalue weighted by Crippen LogP contribution is -2.51. The molecule has 1 aliphatic carbocycles. The SMILES string of the molecule is CC(C)[C@@H]1N=C2c3ccccc3CC[C@@]2(C)OC1=O. The van der Waals surface area contributed by atoms with Gasteiger partial charge in [0.05, 0.1) is 5.71 Å². The molecule has 0 saturated heterocycles. The van der Waals surface area contributed by atoms with Gasteiger partial charge in [-0.25, -0.2) is 4.79 Å². The molecule has 1 aromatic carbocycles. The van der Waals surface area contributed by atoms with Gasteiger partial charge < -0.3 is 4.74 Å². The van der Waals surface area contributed by atoms with Gasteiger partial charge in [-0.05, 0) is 31.2 Å². The summed E-state index contributed by atoms with van der Waals surface area (Å²) in [7, 11) is 0. The average Bonchev–Trinajstić information content (AvgIpc) is 2.36. The van der Waals surface area contributed by atoms with Crippen LogP contribution in [0.2, 0.25) is 0 Å². The van der Waals surface area contributed by atoms with E-state index in [1.54, 1.807) is 0 Å². The Bertz CT molecular complexity index is 562. The van der Waals surface area contributed by atoms with Crippen LogP contribution in [0.5, 0.6) is 0 Å². The Labute approximate surface area is 113 Å². The number of aliphatic imine (C=N–C) groups is 1. The Kier molecular flexibility index (Phi) is 2.73. The van der Waals surface area contributed by atoms with Gasteiger partial charge >= 0.3 is 5.97 Å². The molecule has 3 rings (SSSR count). The molecule has 0 aromatic heterocycles. The number of hydrogen-bond acceptors (Lipinski definition) is 3. The number of fused-ring (bicyclic) bond motifs is 3. The second kappa shape index (κ2) is 4.19. The molecule has 1 aliphatic heterocycles. The molecule has 1 aromatic rings. The molecule has 3 heteroatoms. The van der Waals surface area contributed by atoms with Crippen LogP contribution in [0.25, 0.3) is 0 Å². The summed E-state index contributed by atoms with van der Waals surface area (Å²) in [5, 5.41) is 0. The fourth-order valence-electron chi connectivity index (χ4n) is 2.95. The number of nitrogens with zero attached hydrogens (tertiary/aromatic N) is 1. The van der Waals surface area contributed by atoms with Gasteiger partial charge in [0, 0.05) is 5.56 Å². The Morgan fingerprint density at radius 3 is 2.84 bits per heavy atom. The molecule has 0 bridgehead atoms. The molecular weight excluding hydrogens is 238 g/mol. The number of esters is 1. The summed E-state index contributed by atoms with van der Waals surface area (Å²) in [5.74, 6) is -0.0146. The van der Waals surface area contributed by atoms with E-state index in [-0.39, 0.29) is 17.9 Å². The van der Waals surface area contributed by atoms with Crippen molar-refractivity contribution >= 4 is 11.7 Å². The molecule has 2 atom stereocenters. The smallest absolute Gasteiger partial charge is 0.332 e. The molecule has 0 spiro atoms. The summed E-state index contributed by atoms with van der Waals surface area (Å²) >= 11 is 0. The van der Waals surface area contributed by atoms with E-state index in [9.17, 15) is 4.79 Å². The number of benzene rings is 1. The van der Waals surface area contributed by atoms with Gasteiger partial charge in [0.1, 0.15) is 6.04 Å². The number of carbonyl (C=O) groups is 1. The van der Waals surface area contributed by atoms with Crippen LogP contribution in [0.3, 0.4) is 0 Å². The fourth-order valence-corrected chi connectivity index (χ4v) is 2.95. The zero-order valence-corrected chi connectivity index (χ0v) is 11.6. The van der Waals surface area contributed by atoms with E-state index in [1.807, 2.05) is 26.8 Å². The van der Waals surface area contributed by atoms with E-state index >= 15 is 0 Å². The van der Waals surface area contributed by atoms with E-state index in [0.29, 0.717) is 0 Å². The highest BCUT2D eigenvalue weighted by Crippen LogP contribution is 2.36. The van der Waals surface area contributed by atoms with Crippen molar-refractivity contribution in [2.45, 2.75) is 45.3 Å². The zero-order valence-electron chi connectivity index (χ0n) is 11.6. The van der Waals surface area contributed by atoms with Crippen LogP contribution in [0.1, 0.15) is 38.3 Å². The first kappa shape index (κ1) is 12.4. The van der Waals surface area contributed by atoms with Crippen LogP contribution in [0.15, 0.2) is 29.3 Å². The molecule has 2 aliphatic rings. The first-order valence-corrected chi connectivity index (χ1v) is 6.91. The number of ether oxygens (including phenoxy) is 1. The highest BCUT2D eigenvalue weighted by atomic mass is 16.6. The molecule has 1 heterocycles.